The summed E-state index contributed by atoms with van der Waals surface area (Å²) in [6.45, 7) is 4.12. The summed E-state index contributed by atoms with van der Waals surface area (Å²) in [5, 5.41) is 3.13. The van der Waals surface area contributed by atoms with Gasteiger partial charge in [0.2, 0.25) is 5.91 Å². The van der Waals surface area contributed by atoms with Crippen molar-refractivity contribution < 1.29 is 4.79 Å². The molecule has 1 aromatic carbocycles. The van der Waals surface area contributed by atoms with Crippen LogP contribution in [-0.4, -0.2) is 37.0 Å². The number of piperidine rings is 1. The van der Waals surface area contributed by atoms with E-state index in [2.05, 4.69) is 46.6 Å². The van der Waals surface area contributed by atoms with Gasteiger partial charge >= 0.3 is 0 Å². The lowest BCUT2D eigenvalue weighted by Crippen LogP contribution is -2.42. The zero-order valence-corrected chi connectivity index (χ0v) is 14.6. The summed E-state index contributed by atoms with van der Waals surface area (Å²) < 4.78 is 0. The first kappa shape index (κ1) is 17.2. The molecule has 1 amide bonds. The lowest BCUT2D eigenvalue weighted by molar-refractivity contribution is -0.126. The minimum Gasteiger partial charge on any atom is -0.356 e. The fourth-order valence-electron chi connectivity index (χ4n) is 3.88. The number of likely N-dealkylation sites (tertiary alicyclic amines) is 1. The number of benzene rings is 1. The Balaban J connectivity index is 1.33. The van der Waals surface area contributed by atoms with Crippen molar-refractivity contribution in [3.05, 3.63) is 48.0 Å². The van der Waals surface area contributed by atoms with Crippen molar-refractivity contribution in [1.29, 1.82) is 0 Å². The van der Waals surface area contributed by atoms with Gasteiger partial charge in [0.05, 0.1) is 0 Å². The lowest BCUT2D eigenvalue weighted by Gasteiger charge is -2.34. The Kier molecular flexibility index (Phi) is 6.48. The molecule has 0 aromatic heterocycles. The Labute approximate surface area is 146 Å². The summed E-state index contributed by atoms with van der Waals surface area (Å²) in [4.78, 5) is 14.9. The van der Waals surface area contributed by atoms with Crippen LogP contribution in [0.1, 0.15) is 37.7 Å². The Bertz CT molecular complexity index is 532. The van der Waals surface area contributed by atoms with Gasteiger partial charge in [0.1, 0.15) is 0 Å². The molecule has 1 aromatic rings. The standard InChI is InChI=1S/C21H30N2O/c24-21(22-14-11-18-7-3-1-4-8-18)20-12-15-23(16-13-20)17-19-9-5-2-6-10-19/h1-5,7-8,19-20H,6,9-17H2,(H,22,24). The van der Waals surface area contributed by atoms with Gasteiger partial charge in [-0.25, -0.2) is 0 Å². The molecule has 0 saturated carbocycles. The molecule has 3 heteroatoms. The molecular weight excluding hydrogens is 296 g/mol. The van der Waals surface area contributed by atoms with Crippen LogP contribution in [-0.2, 0) is 11.2 Å². The van der Waals surface area contributed by atoms with E-state index in [0.717, 1.165) is 44.8 Å². The Morgan fingerprint density at radius 1 is 1.08 bits per heavy atom. The second-order valence-electron chi connectivity index (χ2n) is 7.25. The van der Waals surface area contributed by atoms with Crippen molar-refractivity contribution in [1.82, 2.24) is 10.2 Å². The highest BCUT2D eigenvalue weighted by Crippen LogP contribution is 2.23. The Hall–Kier alpha value is -1.61. The van der Waals surface area contributed by atoms with Gasteiger partial charge in [0.15, 0.2) is 0 Å². The average Bonchev–Trinajstić information content (AvgIpc) is 2.64. The number of rotatable bonds is 6. The number of hydrogen-bond donors (Lipinski definition) is 1. The van der Waals surface area contributed by atoms with Crippen molar-refractivity contribution in [2.24, 2.45) is 11.8 Å². The lowest BCUT2D eigenvalue weighted by atomic mass is 9.91. The maximum absolute atomic E-state index is 12.3. The van der Waals surface area contributed by atoms with Crippen LogP contribution < -0.4 is 5.32 Å². The highest BCUT2D eigenvalue weighted by Gasteiger charge is 2.26. The zero-order chi connectivity index (χ0) is 16.6. The number of nitrogens with zero attached hydrogens (tertiary/aromatic N) is 1. The molecule has 1 aliphatic carbocycles. The third-order valence-electron chi connectivity index (χ3n) is 5.41. The second-order valence-corrected chi connectivity index (χ2v) is 7.25. The van der Waals surface area contributed by atoms with E-state index in [-0.39, 0.29) is 11.8 Å². The number of amides is 1. The molecule has 3 rings (SSSR count). The van der Waals surface area contributed by atoms with E-state index in [9.17, 15) is 4.79 Å². The maximum Gasteiger partial charge on any atom is 0.223 e. The first-order chi connectivity index (χ1) is 11.8. The molecule has 1 fully saturated rings. The highest BCUT2D eigenvalue weighted by atomic mass is 16.1. The SMILES string of the molecule is O=C(NCCc1ccccc1)C1CCN(CC2CC=CCC2)CC1. The summed E-state index contributed by atoms with van der Waals surface area (Å²) in [7, 11) is 0. The molecule has 1 unspecified atom stereocenters. The van der Waals surface area contributed by atoms with E-state index in [4.69, 9.17) is 0 Å². The number of carbonyl (C=O) groups excluding carboxylic acids is 1. The molecule has 1 heterocycles. The Morgan fingerprint density at radius 3 is 2.58 bits per heavy atom. The van der Waals surface area contributed by atoms with Crippen molar-refractivity contribution in [2.45, 2.75) is 38.5 Å². The molecule has 1 saturated heterocycles. The largest absolute Gasteiger partial charge is 0.356 e. The van der Waals surface area contributed by atoms with Crippen LogP contribution >= 0.6 is 0 Å². The molecule has 2 aliphatic rings. The number of carbonyl (C=O) groups is 1. The van der Waals surface area contributed by atoms with Crippen molar-refractivity contribution in [3.63, 3.8) is 0 Å². The summed E-state index contributed by atoms with van der Waals surface area (Å²) in [6, 6.07) is 10.4. The molecule has 130 valence electrons. The van der Waals surface area contributed by atoms with E-state index in [1.165, 1.54) is 31.4 Å². The Morgan fingerprint density at radius 2 is 1.88 bits per heavy atom. The summed E-state index contributed by atoms with van der Waals surface area (Å²) in [6.07, 6.45) is 11.4. The van der Waals surface area contributed by atoms with Crippen LogP contribution in [0.3, 0.4) is 0 Å². The van der Waals surface area contributed by atoms with Crippen LogP contribution in [0.2, 0.25) is 0 Å². The van der Waals surface area contributed by atoms with Crippen molar-refractivity contribution in [2.75, 3.05) is 26.2 Å². The predicted octanol–water partition coefficient (Wildman–Crippen LogP) is 3.41. The summed E-state index contributed by atoms with van der Waals surface area (Å²) in [5.74, 6) is 1.29. The minimum absolute atomic E-state index is 0.211. The summed E-state index contributed by atoms with van der Waals surface area (Å²) >= 11 is 0. The molecule has 0 spiro atoms. The van der Waals surface area contributed by atoms with Gasteiger partial charge in [-0.2, -0.15) is 0 Å². The van der Waals surface area contributed by atoms with Crippen LogP contribution in [0.5, 0.6) is 0 Å². The van der Waals surface area contributed by atoms with Gasteiger partial charge in [-0.3, -0.25) is 4.79 Å². The van der Waals surface area contributed by atoms with Gasteiger partial charge in [-0.1, -0.05) is 42.5 Å². The average molecular weight is 326 g/mol. The normalized spacial score (nSPS) is 22.4. The number of hydrogen-bond acceptors (Lipinski definition) is 2. The fraction of sp³-hybridized carbons (Fsp3) is 0.571. The van der Waals surface area contributed by atoms with Gasteiger partial charge < -0.3 is 10.2 Å². The molecule has 3 nitrogen and oxygen atoms in total. The summed E-state index contributed by atoms with van der Waals surface area (Å²) in [5.41, 5.74) is 1.29. The monoisotopic (exact) mass is 326 g/mol. The molecular formula is C21H30N2O. The van der Waals surface area contributed by atoms with Gasteiger partial charge in [-0.15, -0.1) is 0 Å². The predicted molar refractivity (Wildman–Crippen MR) is 98.8 cm³/mol. The van der Waals surface area contributed by atoms with Crippen LogP contribution in [0.15, 0.2) is 42.5 Å². The fourth-order valence-corrected chi connectivity index (χ4v) is 3.88. The van der Waals surface area contributed by atoms with E-state index in [0.29, 0.717) is 0 Å². The first-order valence-electron chi connectivity index (χ1n) is 9.50. The quantitative estimate of drug-likeness (QED) is 0.813. The van der Waals surface area contributed by atoms with Crippen molar-refractivity contribution in [3.8, 4) is 0 Å². The third kappa shape index (κ3) is 5.20. The van der Waals surface area contributed by atoms with Gasteiger partial charge in [0, 0.05) is 19.0 Å². The molecule has 24 heavy (non-hydrogen) atoms. The van der Waals surface area contributed by atoms with E-state index in [1.807, 2.05) is 6.07 Å². The minimum atomic E-state index is 0.211. The molecule has 0 radical (unpaired) electrons. The highest BCUT2D eigenvalue weighted by molar-refractivity contribution is 5.78. The maximum atomic E-state index is 12.3. The molecule has 1 aliphatic heterocycles. The van der Waals surface area contributed by atoms with Crippen molar-refractivity contribution >= 4 is 5.91 Å². The van der Waals surface area contributed by atoms with Crippen LogP contribution in [0.25, 0.3) is 0 Å². The van der Waals surface area contributed by atoms with E-state index < -0.39 is 0 Å². The molecule has 1 N–H and O–H groups in total. The first-order valence-corrected chi connectivity index (χ1v) is 9.50. The van der Waals surface area contributed by atoms with E-state index >= 15 is 0 Å². The van der Waals surface area contributed by atoms with Gasteiger partial charge in [-0.05, 0) is 63.1 Å². The van der Waals surface area contributed by atoms with E-state index in [1.54, 1.807) is 0 Å². The van der Waals surface area contributed by atoms with Crippen LogP contribution in [0, 0.1) is 11.8 Å². The smallest absolute Gasteiger partial charge is 0.223 e. The van der Waals surface area contributed by atoms with Crippen LogP contribution in [0.4, 0.5) is 0 Å². The molecule has 1 atom stereocenters. The second kappa shape index (κ2) is 9.03. The number of nitrogens with one attached hydrogen (secondary N) is 1. The third-order valence-corrected chi connectivity index (χ3v) is 5.41. The number of allylic oxidation sites excluding steroid dienone is 2. The molecule has 0 bridgehead atoms. The zero-order valence-electron chi connectivity index (χ0n) is 14.6. The van der Waals surface area contributed by atoms with Gasteiger partial charge in [0.25, 0.3) is 0 Å². The topological polar surface area (TPSA) is 32.3 Å².